The highest BCUT2D eigenvalue weighted by atomic mass is 127. The number of ether oxygens (including phenoxy) is 1. The molecule has 2 aromatic rings. The predicted molar refractivity (Wildman–Crippen MR) is 165 cm³/mol. The van der Waals surface area contributed by atoms with Crippen molar-refractivity contribution in [2.45, 2.75) is 78.6 Å². The Balaban J connectivity index is 0.00000387. The lowest BCUT2D eigenvalue weighted by atomic mass is 9.81. The lowest BCUT2D eigenvalue weighted by Gasteiger charge is -2.26. The molecule has 1 aliphatic carbocycles. The van der Waals surface area contributed by atoms with Crippen LogP contribution in [0.25, 0.3) is 0 Å². The molecule has 0 saturated heterocycles. The first-order chi connectivity index (χ1) is 19.1. The number of allylic oxidation sites excluding steroid dienone is 7. The second kappa shape index (κ2) is 12.1. The van der Waals surface area contributed by atoms with E-state index in [1.165, 1.54) is 40.8 Å². The number of fused-ring (bicyclic) bond motifs is 2. The van der Waals surface area contributed by atoms with Crippen molar-refractivity contribution in [2.24, 2.45) is 0 Å². The van der Waals surface area contributed by atoms with Gasteiger partial charge in [-0.15, -0.1) is 0 Å². The van der Waals surface area contributed by atoms with E-state index in [4.69, 9.17) is 4.74 Å². The number of nitrogens with zero attached hydrogens (tertiary/aromatic N) is 2. The first-order valence-corrected chi connectivity index (χ1v) is 14.7. The Bertz CT molecular complexity index is 1500. The maximum atomic E-state index is 12.3. The third-order valence-electron chi connectivity index (χ3n) is 8.84. The number of esters is 1. The molecular formula is C36H43IN2O2. The largest absolute Gasteiger partial charge is 1.00 e. The van der Waals surface area contributed by atoms with E-state index in [1.807, 2.05) is 0 Å². The Kier molecular flexibility index (Phi) is 9.17. The summed E-state index contributed by atoms with van der Waals surface area (Å²) in [5, 5.41) is 0. The third kappa shape index (κ3) is 5.50. The van der Waals surface area contributed by atoms with Gasteiger partial charge in [0, 0.05) is 48.0 Å². The quantitative estimate of drug-likeness (QED) is 0.240. The number of carbonyl (C=O) groups excluding carboxylic acids is 1. The summed E-state index contributed by atoms with van der Waals surface area (Å²) in [4.78, 5) is 14.7. The zero-order chi connectivity index (χ0) is 28.7. The highest BCUT2D eigenvalue weighted by Gasteiger charge is 2.43. The minimum Gasteiger partial charge on any atom is -1.00 e. The van der Waals surface area contributed by atoms with Crippen LogP contribution >= 0.6 is 0 Å². The Morgan fingerprint density at radius 1 is 0.927 bits per heavy atom. The van der Waals surface area contributed by atoms with Crippen LogP contribution in [0.5, 0.6) is 0 Å². The summed E-state index contributed by atoms with van der Waals surface area (Å²) in [6.45, 7) is 16.9. The van der Waals surface area contributed by atoms with Gasteiger partial charge in [0.15, 0.2) is 5.71 Å². The van der Waals surface area contributed by atoms with Gasteiger partial charge in [-0.3, -0.25) is 4.79 Å². The van der Waals surface area contributed by atoms with Crippen molar-refractivity contribution in [1.29, 1.82) is 0 Å². The van der Waals surface area contributed by atoms with Crippen LogP contribution < -0.4 is 28.9 Å². The molecule has 0 fully saturated rings. The molecule has 2 aliphatic heterocycles. The average molecular weight is 663 g/mol. The molecule has 0 saturated carbocycles. The van der Waals surface area contributed by atoms with Gasteiger partial charge in [-0.25, -0.2) is 0 Å². The topological polar surface area (TPSA) is 32.5 Å². The van der Waals surface area contributed by atoms with Crippen molar-refractivity contribution in [2.75, 3.05) is 18.0 Å². The lowest BCUT2D eigenvalue weighted by Crippen LogP contribution is -3.00. The third-order valence-corrected chi connectivity index (χ3v) is 8.84. The minimum absolute atomic E-state index is 0. The Morgan fingerprint density at radius 2 is 1.61 bits per heavy atom. The monoisotopic (exact) mass is 662 g/mol. The van der Waals surface area contributed by atoms with Crippen molar-refractivity contribution in [3.63, 3.8) is 0 Å². The summed E-state index contributed by atoms with van der Waals surface area (Å²) in [7, 11) is 0. The second-order valence-corrected chi connectivity index (χ2v) is 12.0. The molecule has 0 bridgehead atoms. The van der Waals surface area contributed by atoms with Gasteiger partial charge in [0.25, 0.3) is 0 Å². The Morgan fingerprint density at radius 3 is 2.29 bits per heavy atom. The van der Waals surface area contributed by atoms with Gasteiger partial charge in [0.2, 0.25) is 5.69 Å². The molecule has 5 heteroatoms. The maximum Gasteiger partial charge on any atom is 0.308 e. The van der Waals surface area contributed by atoms with Crippen LogP contribution in [0.2, 0.25) is 0 Å². The number of halogens is 1. The molecule has 4 nitrogen and oxygen atoms in total. The number of rotatable bonds is 6. The summed E-state index contributed by atoms with van der Waals surface area (Å²) in [6, 6.07) is 17.4. The van der Waals surface area contributed by atoms with Crippen LogP contribution in [0.15, 0.2) is 95.4 Å². The van der Waals surface area contributed by atoms with E-state index in [1.54, 1.807) is 0 Å². The van der Waals surface area contributed by atoms with Crippen molar-refractivity contribution in [3.8, 4) is 0 Å². The molecule has 0 aromatic heterocycles. The Hall–Kier alpha value is -2.93. The van der Waals surface area contributed by atoms with Crippen molar-refractivity contribution in [1.82, 2.24) is 0 Å². The van der Waals surface area contributed by atoms with E-state index >= 15 is 0 Å². The van der Waals surface area contributed by atoms with Gasteiger partial charge in [0.05, 0.1) is 5.41 Å². The summed E-state index contributed by atoms with van der Waals surface area (Å²) < 4.78 is 8.34. The summed E-state index contributed by atoms with van der Waals surface area (Å²) in [5.41, 5.74) is 9.77. The van der Waals surface area contributed by atoms with Crippen molar-refractivity contribution < 1.29 is 38.1 Å². The normalized spacial score (nSPS) is 21.0. The molecule has 0 unspecified atom stereocenters. The molecule has 2 aromatic carbocycles. The number of para-hydroxylation sites is 2. The van der Waals surface area contributed by atoms with E-state index in [0.717, 1.165) is 49.3 Å². The number of benzene rings is 2. The molecule has 0 N–H and O–H groups in total. The molecule has 0 spiro atoms. The second-order valence-electron chi connectivity index (χ2n) is 12.0. The van der Waals surface area contributed by atoms with E-state index < -0.39 is 0 Å². The smallest absolute Gasteiger partial charge is 0.308 e. The van der Waals surface area contributed by atoms with Gasteiger partial charge in [-0.1, -0.05) is 56.3 Å². The molecule has 2 heterocycles. The number of anilines is 1. The average Bonchev–Trinajstić information content (AvgIpc) is 3.29. The first-order valence-electron chi connectivity index (χ1n) is 14.7. The standard InChI is InChI=1S/C36H43N2O2.HI/c1-8-37-30-19-12-10-17-28(30)35(4,5)32(37)23-21-26-15-14-16-27(34(26)40-25(3)39)22-24-33-36(6,7)29-18-11-13-20-31(29)38(33)9-2;/h10-13,17-24H,8-9,14-16H2,1-7H3;1H/q+1;/p-1. The van der Waals surface area contributed by atoms with Crippen LogP contribution in [0.3, 0.4) is 0 Å². The predicted octanol–water partition coefficient (Wildman–Crippen LogP) is 5.27. The highest BCUT2D eigenvalue weighted by Crippen LogP contribution is 2.47. The lowest BCUT2D eigenvalue weighted by molar-refractivity contribution is -0.433. The SMILES string of the molecule is CCN1/C(=C/C=C2\CCCC(/C=C/C3=[N+](CC)c4ccccc4C3(C)C)=C2OC(C)=O)C(C)(C)c2ccccc21.[I-]. The van der Waals surface area contributed by atoms with E-state index in [0.29, 0.717) is 0 Å². The van der Waals surface area contributed by atoms with Crippen LogP contribution in [-0.4, -0.2) is 29.3 Å². The fourth-order valence-corrected chi connectivity index (χ4v) is 6.82. The maximum absolute atomic E-state index is 12.3. The van der Waals surface area contributed by atoms with E-state index in [2.05, 4.69) is 124 Å². The zero-order valence-electron chi connectivity index (χ0n) is 25.6. The van der Waals surface area contributed by atoms with Gasteiger partial charge in [-0.2, -0.15) is 4.58 Å². The van der Waals surface area contributed by atoms with Crippen molar-refractivity contribution >= 4 is 23.1 Å². The molecule has 41 heavy (non-hydrogen) atoms. The van der Waals surface area contributed by atoms with Gasteiger partial charge in [-0.05, 0) is 81.9 Å². The highest BCUT2D eigenvalue weighted by molar-refractivity contribution is 6.03. The molecule has 0 amide bonds. The van der Waals surface area contributed by atoms with Gasteiger partial charge in [0.1, 0.15) is 12.3 Å². The molecule has 3 aliphatic rings. The fourth-order valence-electron chi connectivity index (χ4n) is 6.82. The van der Waals surface area contributed by atoms with Crippen LogP contribution in [-0.2, 0) is 20.4 Å². The number of likely N-dealkylation sites (N-methyl/N-ethyl adjacent to an activating group) is 1. The van der Waals surface area contributed by atoms with Crippen LogP contribution in [0.4, 0.5) is 11.4 Å². The number of hydrogen-bond donors (Lipinski definition) is 0. The zero-order valence-corrected chi connectivity index (χ0v) is 27.7. The summed E-state index contributed by atoms with van der Waals surface area (Å²) in [5.74, 6) is 0.446. The van der Waals surface area contributed by atoms with Gasteiger partial charge >= 0.3 is 5.97 Å². The number of carbonyl (C=O) groups is 1. The van der Waals surface area contributed by atoms with Crippen LogP contribution in [0, 0.1) is 0 Å². The van der Waals surface area contributed by atoms with E-state index in [9.17, 15) is 4.79 Å². The minimum atomic E-state index is -0.276. The first kappa shape index (κ1) is 31.0. The summed E-state index contributed by atoms with van der Waals surface area (Å²) in [6.07, 6.45) is 11.7. The van der Waals surface area contributed by atoms with Crippen LogP contribution in [0.1, 0.15) is 78.9 Å². The molecule has 5 rings (SSSR count). The molecule has 216 valence electrons. The van der Waals surface area contributed by atoms with Crippen molar-refractivity contribution in [3.05, 3.63) is 107 Å². The Labute approximate surface area is 263 Å². The molecule has 0 atom stereocenters. The molecular weight excluding hydrogens is 619 g/mol. The van der Waals surface area contributed by atoms with E-state index in [-0.39, 0.29) is 40.8 Å². The summed E-state index contributed by atoms with van der Waals surface area (Å²) >= 11 is 0. The molecule has 0 radical (unpaired) electrons. The fraction of sp³-hybridized carbons (Fsp3) is 0.389. The number of hydrogen-bond acceptors (Lipinski definition) is 3. The van der Waals surface area contributed by atoms with Gasteiger partial charge < -0.3 is 33.6 Å².